The fourth-order valence-electron chi connectivity index (χ4n) is 1.66. The van der Waals surface area contributed by atoms with Gasteiger partial charge in [-0.15, -0.1) is 0 Å². The number of aromatic nitrogens is 1. The zero-order chi connectivity index (χ0) is 15.5. The van der Waals surface area contributed by atoms with E-state index < -0.39 is 5.82 Å². The first-order valence-electron chi connectivity index (χ1n) is 6.67. The van der Waals surface area contributed by atoms with Gasteiger partial charge in [0, 0.05) is 29.9 Å². The summed E-state index contributed by atoms with van der Waals surface area (Å²) in [6, 6.07) is 8.09. The third-order valence-corrected chi connectivity index (χ3v) is 3.07. The number of halogens is 2. The molecule has 2 rings (SSSR count). The highest BCUT2D eigenvalue weighted by Crippen LogP contribution is 2.26. The molecule has 0 saturated carbocycles. The molecule has 0 aliphatic carbocycles. The normalized spacial score (nSPS) is 11.5. The van der Waals surface area contributed by atoms with E-state index in [4.69, 9.17) is 16.3 Å². The van der Waals surface area contributed by atoms with Gasteiger partial charge in [-0.2, -0.15) is 0 Å². The molecule has 0 amide bonds. The number of pyridine rings is 1. The number of nitrogens with zero attached hydrogens (tertiary/aromatic N) is 1. The van der Waals surface area contributed by atoms with Gasteiger partial charge in [0.2, 0.25) is 5.88 Å². The van der Waals surface area contributed by atoms with Crippen LogP contribution in [0.4, 0.5) is 4.39 Å². The molecule has 0 unspecified atom stereocenters. The van der Waals surface area contributed by atoms with E-state index in [-0.39, 0.29) is 10.6 Å². The molecular formula is C16H18ClFN2O. The van der Waals surface area contributed by atoms with E-state index in [0.717, 1.165) is 5.56 Å². The molecule has 0 radical (unpaired) electrons. The Labute approximate surface area is 129 Å². The minimum Gasteiger partial charge on any atom is -0.439 e. The summed E-state index contributed by atoms with van der Waals surface area (Å²) in [6.45, 7) is 6.86. The molecule has 1 N–H and O–H groups in total. The Morgan fingerprint density at radius 3 is 2.71 bits per heavy atom. The Morgan fingerprint density at radius 1 is 1.29 bits per heavy atom. The Kier molecular flexibility index (Phi) is 4.80. The predicted molar refractivity (Wildman–Crippen MR) is 82.3 cm³/mol. The van der Waals surface area contributed by atoms with Crippen molar-refractivity contribution in [2.24, 2.45) is 0 Å². The van der Waals surface area contributed by atoms with Crippen LogP contribution < -0.4 is 10.1 Å². The Morgan fingerprint density at radius 2 is 2.05 bits per heavy atom. The maximum atomic E-state index is 13.4. The number of ether oxygens (including phenoxy) is 1. The van der Waals surface area contributed by atoms with Gasteiger partial charge in [0.05, 0.1) is 5.02 Å². The Hall–Kier alpha value is -1.65. The maximum Gasteiger partial charge on any atom is 0.223 e. The van der Waals surface area contributed by atoms with Crippen molar-refractivity contribution in [1.82, 2.24) is 10.3 Å². The third-order valence-electron chi connectivity index (χ3n) is 2.76. The topological polar surface area (TPSA) is 34.2 Å². The third kappa shape index (κ3) is 4.69. The second kappa shape index (κ2) is 6.41. The van der Waals surface area contributed by atoms with Crippen molar-refractivity contribution in [2.75, 3.05) is 0 Å². The van der Waals surface area contributed by atoms with E-state index in [9.17, 15) is 4.39 Å². The number of hydrogen-bond acceptors (Lipinski definition) is 3. The molecule has 0 fully saturated rings. The summed E-state index contributed by atoms with van der Waals surface area (Å²) in [7, 11) is 0. The highest BCUT2D eigenvalue weighted by Gasteiger charge is 2.12. The SMILES string of the molecule is CC(C)(C)NCc1cccnc1Oc1ccc(Cl)c(F)c1. The fourth-order valence-corrected chi connectivity index (χ4v) is 1.78. The van der Waals surface area contributed by atoms with Gasteiger partial charge < -0.3 is 10.1 Å². The van der Waals surface area contributed by atoms with E-state index in [1.165, 1.54) is 12.1 Å². The highest BCUT2D eigenvalue weighted by atomic mass is 35.5. The summed E-state index contributed by atoms with van der Waals surface area (Å²) in [4.78, 5) is 4.21. The molecule has 1 heterocycles. The van der Waals surface area contributed by atoms with Gasteiger partial charge in [0.15, 0.2) is 0 Å². The van der Waals surface area contributed by atoms with E-state index in [1.807, 2.05) is 12.1 Å². The van der Waals surface area contributed by atoms with Crippen LogP contribution in [0.15, 0.2) is 36.5 Å². The van der Waals surface area contributed by atoms with E-state index in [2.05, 4.69) is 31.1 Å². The first kappa shape index (κ1) is 15.7. The van der Waals surface area contributed by atoms with Crippen molar-refractivity contribution in [3.8, 4) is 11.6 Å². The van der Waals surface area contributed by atoms with E-state index >= 15 is 0 Å². The molecule has 112 valence electrons. The smallest absolute Gasteiger partial charge is 0.223 e. The van der Waals surface area contributed by atoms with Crippen molar-refractivity contribution in [3.05, 3.63) is 52.9 Å². The predicted octanol–water partition coefficient (Wildman–Crippen LogP) is 4.55. The average Bonchev–Trinajstić information content (AvgIpc) is 2.41. The van der Waals surface area contributed by atoms with Crippen LogP contribution in [-0.4, -0.2) is 10.5 Å². The Bertz CT molecular complexity index is 626. The second-order valence-electron chi connectivity index (χ2n) is 5.75. The van der Waals surface area contributed by atoms with Crippen LogP contribution in [0.5, 0.6) is 11.6 Å². The first-order chi connectivity index (χ1) is 9.85. The van der Waals surface area contributed by atoms with Gasteiger partial charge in [0.25, 0.3) is 0 Å². The van der Waals surface area contributed by atoms with Crippen molar-refractivity contribution < 1.29 is 9.13 Å². The van der Waals surface area contributed by atoms with Gasteiger partial charge >= 0.3 is 0 Å². The molecular weight excluding hydrogens is 291 g/mol. The number of hydrogen-bond donors (Lipinski definition) is 1. The van der Waals surface area contributed by atoms with E-state index in [0.29, 0.717) is 18.2 Å². The van der Waals surface area contributed by atoms with Crippen LogP contribution in [0.25, 0.3) is 0 Å². The summed E-state index contributed by atoms with van der Waals surface area (Å²) in [5, 5.41) is 3.44. The van der Waals surface area contributed by atoms with Gasteiger partial charge in [-0.3, -0.25) is 0 Å². The molecule has 0 bridgehead atoms. The van der Waals surface area contributed by atoms with Crippen LogP contribution in [0.1, 0.15) is 26.3 Å². The molecule has 3 nitrogen and oxygen atoms in total. The quantitative estimate of drug-likeness (QED) is 0.899. The summed E-state index contributed by atoms with van der Waals surface area (Å²) in [5.74, 6) is 0.308. The Balaban J connectivity index is 2.17. The highest BCUT2D eigenvalue weighted by molar-refractivity contribution is 6.30. The van der Waals surface area contributed by atoms with Crippen LogP contribution in [0.3, 0.4) is 0 Å². The van der Waals surface area contributed by atoms with Gasteiger partial charge in [-0.1, -0.05) is 17.7 Å². The lowest BCUT2D eigenvalue weighted by atomic mass is 10.1. The maximum absolute atomic E-state index is 13.4. The lowest BCUT2D eigenvalue weighted by Gasteiger charge is -2.21. The molecule has 2 aromatic rings. The van der Waals surface area contributed by atoms with E-state index in [1.54, 1.807) is 12.3 Å². The number of rotatable bonds is 4. The molecule has 0 aliphatic heterocycles. The largest absolute Gasteiger partial charge is 0.439 e. The van der Waals surface area contributed by atoms with Crippen molar-refractivity contribution in [1.29, 1.82) is 0 Å². The summed E-state index contributed by atoms with van der Waals surface area (Å²) in [5.41, 5.74) is 0.891. The average molecular weight is 309 g/mol. The van der Waals surface area contributed by atoms with Crippen LogP contribution in [-0.2, 0) is 6.54 Å². The zero-order valence-electron chi connectivity index (χ0n) is 12.3. The standard InChI is InChI=1S/C16H18ClFN2O/c1-16(2,3)20-10-11-5-4-8-19-15(11)21-12-6-7-13(17)14(18)9-12/h4-9,20H,10H2,1-3H3. The molecule has 0 saturated heterocycles. The van der Waals surface area contributed by atoms with Crippen LogP contribution in [0, 0.1) is 5.82 Å². The number of nitrogens with one attached hydrogen (secondary N) is 1. The van der Waals surface area contributed by atoms with Crippen molar-refractivity contribution in [2.45, 2.75) is 32.9 Å². The molecule has 1 aromatic carbocycles. The second-order valence-corrected chi connectivity index (χ2v) is 6.16. The first-order valence-corrected chi connectivity index (χ1v) is 7.05. The zero-order valence-corrected chi connectivity index (χ0v) is 13.0. The summed E-state index contributed by atoms with van der Waals surface area (Å²) < 4.78 is 19.1. The van der Waals surface area contributed by atoms with Gasteiger partial charge in [-0.05, 0) is 39.0 Å². The molecule has 0 aliphatic rings. The van der Waals surface area contributed by atoms with Crippen molar-refractivity contribution in [3.63, 3.8) is 0 Å². The summed E-state index contributed by atoms with van der Waals surface area (Å²) in [6.07, 6.45) is 1.64. The minimum absolute atomic E-state index is 0.0144. The minimum atomic E-state index is -0.514. The molecule has 5 heteroatoms. The molecule has 0 spiro atoms. The monoisotopic (exact) mass is 308 g/mol. The lowest BCUT2D eigenvalue weighted by Crippen LogP contribution is -2.35. The molecule has 21 heavy (non-hydrogen) atoms. The van der Waals surface area contributed by atoms with Crippen LogP contribution in [0.2, 0.25) is 5.02 Å². The molecule has 1 aromatic heterocycles. The lowest BCUT2D eigenvalue weighted by molar-refractivity contribution is 0.408. The van der Waals surface area contributed by atoms with Gasteiger partial charge in [0.1, 0.15) is 11.6 Å². The number of benzene rings is 1. The summed E-state index contributed by atoms with van der Waals surface area (Å²) >= 11 is 5.66. The fraction of sp³-hybridized carbons (Fsp3) is 0.312. The van der Waals surface area contributed by atoms with Gasteiger partial charge in [-0.25, -0.2) is 9.37 Å². The van der Waals surface area contributed by atoms with Crippen molar-refractivity contribution >= 4 is 11.6 Å². The van der Waals surface area contributed by atoms with Crippen LogP contribution >= 0.6 is 11.6 Å². The molecule has 0 atom stereocenters.